The minimum atomic E-state index is -0.636. The monoisotopic (exact) mass is 289 g/mol. The van der Waals surface area contributed by atoms with Crippen molar-refractivity contribution in [3.8, 4) is 5.88 Å². The molecule has 0 atom stereocenters. The van der Waals surface area contributed by atoms with Gasteiger partial charge in [0.1, 0.15) is 17.6 Å². The molecular formula is C10H12BrNO2S. The van der Waals surface area contributed by atoms with Crippen molar-refractivity contribution >= 4 is 27.1 Å². The van der Waals surface area contributed by atoms with Crippen LogP contribution < -0.4 is 4.74 Å². The molecule has 0 radical (unpaired) electrons. The molecule has 2 heterocycles. The number of hydrogen-bond acceptors (Lipinski definition) is 3. The second-order valence-electron chi connectivity index (χ2n) is 3.46. The fourth-order valence-electron chi connectivity index (χ4n) is 1.51. The van der Waals surface area contributed by atoms with Gasteiger partial charge >= 0.3 is 0 Å². The number of pyridine rings is 1. The Labute approximate surface area is 101 Å². The molecule has 0 spiro atoms. The van der Waals surface area contributed by atoms with E-state index < -0.39 is 11.2 Å². The highest BCUT2D eigenvalue weighted by Crippen LogP contribution is 2.25. The Bertz CT molecular complexity index is 329. The number of aromatic nitrogens is 1. The van der Waals surface area contributed by atoms with Gasteiger partial charge in [-0.1, -0.05) is 11.2 Å². The largest absolute Gasteiger partial charge is 0.616 e. The van der Waals surface area contributed by atoms with Crippen LogP contribution in [0.25, 0.3) is 0 Å². The van der Waals surface area contributed by atoms with Gasteiger partial charge in [-0.05, 0) is 28.1 Å². The Morgan fingerprint density at radius 2 is 2.20 bits per heavy atom. The first-order chi connectivity index (χ1) is 7.25. The summed E-state index contributed by atoms with van der Waals surface area (Å²) in [5.41, 5.74) is 0. The van der Waals surface area contributed by atoms with Gasteiger partial charge in [-0.2, -0.15) is 0 Å². The van der Waals surface area contributed by atoms with Crippen LogP contribution in [0.5, 0.6) is 5.88 Å². The Balaban J connectivity index is 1.95. The van der Waals surface area contributed by atoms with Gasteiger partial charge < -0.3 is 9.29 Å². The highest BCUT2D eigenvalue weighted by atomic mass is 79.9. The number of hydrogen-bond donors (Lipinski definition) is 0. The summed E-state index contributed by atoms with van der Waals surface area (Å²) in [6.45, 7) is 0. The fourth-order valence-corrected chi connectivity index (χ4v) is 3.11. The first-order valence-electron chi connectivity index (χ1n) is 4.88. The van der Waals surface area contributed by atoms with Crippen molar-refractivity contribution in [1.82, 2.24) is 4.98 Å². The molecule has 0 saturated carbocycles. The molecule has 2 rings (SSSR count). The zero-order valence-electron chi connectivity index (χ0n) is 8.19. The highest BCUT2D eigenvalue weighted by molar-refractivity contribution is 9.10. The predicted octanol–water partition coefficient (Wildman–Crippen LogP) is 2.13. The molecule has 1 fully saturated rings. The standard InChI is InChI=1S/C10H12BrNO2S/c11-9-2-1-5-12-10(9)14-8-3-6-15(13)7-4-8/h1-2,5,8H,3-4,6-7H2. The van der Waals surface area contributed by atoms with E-state index in [1.807, 2.05) is 12.1 Å². The summed E-state index contributed by atoms with van der Waals surface area (Å²) < 4.78 is 17.8. The third-order valence-electron chi connectivity index (χ3n) is 2.34. The van der Waals surface area contributed by atoms with Crippen LogP contribution in [0.2, 0.25) is 0 Å². The molecule has 82 valence electrons. The lowest BCUT2D eigenvalue weighted by molar-refractivity contribution is 0.180. The lowest BCUT2D eigenvalue weighted by Crippen LogP contribution is -2.30. The highest BCUT2D eigenvalue weighted by Gasteiger charge is 2.23. The molecule has 0 N–H and O–H groups in total. The molecule has 15 heavy (non-hydrogen) atoms. The van der Waals surface area contributed by atoms with Crippen molar-refractivity contribution in [2.24, 2.45) is 0 Å². The number of halogens is 1. The SMILES string of the molecule is [O-][S+]1CCC(Oc2ncccc2Br)CC1. The maximum absolute atomic E-state index is 11.2. The van der Waals surface area contributed by atoms with E-state index in [9.17, 15) is 4.55 Å². The number of nitrogens with zero attached hydrogens (tertiary/aromatic N) is 1. The van der Waals surface area contributed by atoms with E-state index in [2.05, 4.69) is 20.9 Å². The van der Waals surface area contributed by atoms with Crippen molar-refractivity contribution in [1.29, 1.82) is 0 Å². The van der Waals surface area contributed by atoms with Crippen LogP contribution in [0.15, 0.2) is 22.8 Å². The maximum atomic E-state index is 11.2. The van der Waals surface area contributed by atoms with E-state index in [4.69, 9.17) is 4.74 Å². The molecule has 0 aromatic carbocycles. The van der Waals surface area contributed by atoms with Gasteiger partial charge in [-0.25, -0.2) is 4.98 Å². The van der Waals surface area contributed by atoms with Gasteiger partial charge in [-0.15, -0.1) is 0 Å². The van der Waals surface area contributed by atoms with E-state index in [0.717, 1.165) is 28.8 Å². The topological polar surface area (TPSA) is 45.2 Å². The van der Waals surface area contributed by atoms with Crippen LogP contribution in [0, 0.1) is 0 Å². The molecular weight excluding hydrogens is 278 g/mol. The summed E-state index contributed by atoms with van der Waals surface area (Å²) in [6.07, 6.45) is 3.58. The van der Waals surface area contributed by atoms with Gasteiger partial charge in [0.2, 0.25) is 5.88 Å². The summed E-state index contributed by atoms with van der Waals surface area (Å²) in [5.74, 6) is 2.12. The van der Waals surface area contributed by atoms with Crippen LogP contribution in [-0.2, 0) is 11.2 Å². The van der Waals surface area contributed by atoms with Gasteiger partial charge in [0.05, 0.1) is 4.47 Å². The fraction of sp³-hybridized carbons (Fsp3) is 0.500. The van der Waals surface area contributed by atoms with Crippen LogP contribution >= 0.6 is 15.9 Å². The first kappa shape index (κ1) is 11.2. The summed E-state index contributed by atoms with van der Waals surface area (Å²) in [4.78, 5) is 4.15. The summed E-state index contributed by atoms with van der Waals surface area (Å²) >= 11 is 2.75. The molecule has 1 saturated heterocycles. The normalized spacial score (nSPS) is 26.3. The van der Waals surface area contributed by atoms with Gasteiger partial charge in [0.15, 0.2) is 0 Å². The molecule has 1 aromatic rings. The molecule has 1 aliphatic rings. The quantitative estimate of drug-likeness (QED) is 0.784. The van der Waals surface area contributed by atoms with Crippen molar-refractivity contribution in [2.45, 2.75) is 18.9 Å². The van der Waals surface area contributed by atoms with Crippen LogP contribution in [0.4, 0.5) is 0 Å². The van der Waals surface area contributed by atoms with Crippen LogP contribution in [0.3, 0.4) is 0 Å². The summed E-state index contributed by atoms with van der Waals surface area (Å²) in [6, 6.07) is 3.76. The third kappa shape index (κ3) is 3.09. The summed E-state index contributed by atoms with van der Waals surface area (Å²) in [5, 5.41) is 0. The lowest BCUT2D eigenvalue weighted by atomic mass is 10.2. The Morgan fingerprint density at radius 3 is 2.87 bits per heavy atom. The number of rotatable bonds is 2. The van der Waals surface area contributed by atoms with E-state index >= 15 is 0 Å². The smallest absolute Gasteiger partial charge is 0.228 e. The van der Waals surface area contributed by atoms with Crippen molar-refractivity contribution in [3.63, 3.8) is 0 Å². The average molecular weight is 290 g/mol. The van der Waals surface area contributed by atoms with Crippen molar-refractivity contribution < 1.29 is 9.29 Å². The Kier molecular flexibility index (Phi) is 3.88. The molecule has 5 heteroatoms. The molecule has 0 unspecified atom stereocenters. The second-order valence-corrected chi connectivity index (χ2v) is 6.01. The van der Waals surface area contributed by atoms with E-state index in [1.54, 1.807) is 6.20 Å². The second kappa shape index (κ2) is 5.18. The Morgan fingerprint density at radius 1 is 1.47 bits per heavy atom. The first-order valence-corrected chi connectivity index (χ1v) is 7.16. The van der Waals surface area contributed by atoms with Crippen LogP contribution in [0.1, 0.15) is 12.8 Å². The zero-order valence-corrected chi connectivity index (χ0v) is 10.6. The molecule has 0 amide bonds. The van der Waals surface area contributed by atoms with E-state index in [0.29, 0.717) is 5.88 Å². The van der Waals surface area contributed by atoms with E-state index in [-0.39, 0.29) is 6.10 Å². The Hall–Kier alpha value is -0.260. The molecule has 0 aliphatic carbocycles. The lowest BCUT2D eigenvalue weighted by Gasteiger charge is -2.24. The minimum absolute atomic E-state index is 0.161. The average Bonchev–Trinajstić information content (AvgIpc) is 2.25. The predicted molar refractivity (Wildman–Crippen MR) is 63.5 cm³/mol. The third-order valence-corrected chi connectivity index (χ3v) is 4.32. The van der Waals surface area contributed by atoms with Crippen LogP contribution in [-0.4, -0.2) is 27.1 Å². The molecule has 0 bridgehead atoms. The molecule has 3 nitrogen and oxygen atoms in total. The minimum Gasteiger partial charge on any atom is -0.616 e. The van der Waals surface area contributed by atoms with Gasteiger partial charge in [-0.3, -0.25) is 0 Å². The summed E-state index contributed by atoms with van der Waals surface area (Å²) in [7, 11) is 0. The molecule has 1 aromatic heterocycles. The van der Waals surface area contributed by atoms with Crippen molar-refractivity contribution in [3.05, 3.63) is 22.8 Å². The zero-order chi connectivity index (χ0) is 10.7. The van der Waals surface area contributed by atoms with Gasteiger partial charge in [0.25, 0.3) is 0 Å². The molecule has 1 aliphatic heterocycles. The van der Waals surface area contributed by atoms with E-state index in [1.165, 1.54) is 0 Å². The maximum Gasteiger partial charge on any atom is 0.228 e. The van der Waals surface area contributed by atoms with Crippen molar-refractivity contribution in [2.75, 3.05) is 11.5 Å². The van der Waals surface area contributed by atoms with Gasteiger partial charge in [0, 0.05) is 19.0 Å². The number of ether oxygens (including phenoxy) is 1.